The molecule has 4 heteroatoms. The molecular weight excluding hydrogens is 266 g/mol. The van der Waals surface area contributed by atoms with Crippen molar-refractivity contribution in [2.75, 3.05) is 0 Å². The van der Waals surface area contributed by atoms with Gasteiger partial charge in [0.15, 0.2) is 0 Å². The van der Waals surface area contributed by atoms with Crippen molar-refractivity contribution in [2.24, 2.45) is 0 Å². The van der Waals surface area contributed by atoms with Gasteiger partial charge in [0.25, 0.3) is 0 Å². The monoisotopic (exact) mass is 273 g/mol. The van der Waals surface area contributed by atoms with Crippen LogP contribution >= 0.6 is 0 Å². The van der Waals surface area contributed by atoms with Gasteiger partial charge in [0.1, 0.15) is 0 Å². The average molecular weight is 273 g/mol. The van der Waals surface area contributed by atoms with Crippen molar-refractivity contribution in [3.05, 3.63) is 6.92 Å². The maximum absolute atomic E-state index is 10.2. The van der Waals surface area contributed by atoms with E-state index in [-0.39, 0.29) is 104 Å². The molecule has 0 N–H and O–H groups in total. The second-order valence-corrected chi connectivity index (χ2v) is 1.26. The molecule has 0 aliphatic rings. The zero-order valence-corrected chi connectivity index (χ0v) is 13.3. The molecule has 0 aliphatic heterocycles. The van der Waals surface area contributed by atoms with Crippen molar-refractivity contribution >= 4 is 6.29 Å². The Morgan fingerprint density at radius 1 is 1.67 bits per heavy atom. The first-order valence-corrected chi connectivity index (χ1v) is 2.11. The molecule has 0 aromatic rings. The van der Waals surface area contributed by atoms with E-state index in [0.29, 0.717) is 0 Å². The van der Waals surface area contributed by atoms with Gasteiger partial charge >= 0.3 is 58.2 Å². The fraction of sp³-hybridized carbons (Fsp3) is 0.600. The van der Waals surface area contributed by atoms with E-state index in [1.807, 2.05) is 0 Å². The molecule has 45 valence electrons. The van der Waals surface area contributed by atoms with Gasteiger partial charge in [-0.3, -0.25) is 6.29 Å². The van der Waals surface area contributed by atoms with Gasteiger partial charge in [-0.25, -0.2) is 0 Å². The Morgan fingerprint density at radius 3 is 2.22 bits per heavy atom. The van der Waals surface area contributed by atoms with Gasteiger partial charge in [-0.1, -0.05) is 0 Å². The van der Waals surface area contributed by atoms with Crippen LogP contribution in [0.5, 0.6) is 0 Å². The largest absolute Gasteiger partial charge is 1.00 e. The zero-order valence-electron chi connectivity index (χ0n) is 5.59. The minimum Gasteiger partial charge on any atom is -0.855 e. The van der Waals surface area contributed by atoms with E-state index in [0.717, 1.165) is 0 Å². The molecule has 1 radical (unpaired) electrons. The van der Waals surface area contributed by atoms with Gasteiger partial charge < -0.3 is 16.8 Å². The molecule has 0 rings (SSSR count). The normalized spacial score (nSPS) is 10.4. The third-order valence-corrected chi connectivity index (χ3v) is 0.633. The Bertz CT molecular complexity index is 60.9. The molecule has 1 unspecified atom stereocenters. The molecule has 0 fully saturated rings. The molecule has 0 aliphatic carbocycles. The Morgan fingerprint density at radius 2 is 2.11 bits per heavy atom. The van der Waals surface area contributed by atoms with Crippen molar-refractivity contribution in [1.82, 2.24) is 0 Å². The molecule has 0 spiro atoms. The maximum atomic E-state index is 10.2. The fourth-order valence-corrected chi connectivity index (χ4v) is 0.195. The molecule has 2 nitrogen and oxygen atoms in total. The minimum absolute atomic E-state index is 0. The standard InChI is InChI=1S/C5H7O2.Rb.Y/c1-2-5(7)3-4-6;;/h5H,1-3H2;;/q-3;+1;. The molecule has 0 saturated carbocycles. The topological polar surface area (TPSA) is 40.1 Å². The van der Waals surface area contributed by atoms with Crippen LogP contribution in [0.1, 0.15) is 12.8 Å². The van der Waals surface area contributed by atoms with E-state index < -0.39 is 6.10 Å². The van der Waals surface area contributed by atoms with Crippen LogP contribution in [0.4, 0.5) is 0 Å². The van der Waals surface area contributed by atoms with Gasteiger partial charge in [0.05, 0.1) is 0 Å². The molecule has 0 heterocycles. The minimum atomic E-state index is -0.836. The maximum Gasteiger partial charge on any atom is 1.00 e. The summed E-state index contributed by atoms with van der Waals surface area (Å²) in [5.41, 5.74) is 0. The van der Waals surface area contributed by atoms with E-state index in [2.05, 4.69) is 6.92 Å². The van der Waals surface area contributed by atoms with Crippen molar-refractivity contribution < 1.29 is 101 Å². The summed E-state index contributed by atoms with van der Waals surface area (Å²) in [4.78, 5) is 9.42. The van der Waals surface area contributed by atoms with Crippen LogP contribution in [-0.2, 0) is 37.5 Å². The van der Waals surface area contributed by atoms with Crippen LogP contribution in [-0.4, -0.2) is 12.4 Å². The summed E-state index contributed by atoms with van der Waals surface area (Å²) < 4.78 is 0. The third kappa shape index (κ3) is 13.5. The van der Waals surface area contributed by atoms with E-state index in [9.17, 15) is 9.90 Å². The van der Waals surface area contributed by atoms with E-state index in [1.165, 1.54) is 6.29 Å². The summed E-state index contributed by atoms with van der Waals surface area (Å²) in [7, 11) is 0. The van der Waals surface area contributed by atoms with Gasteiger partial charge in [-0.05, 0) is 0 Å². The quantitative estimate of drug-likeness (QED) is 0.500. The summed E-state index contributed by atoms with van der Waals surface area (Å²) in [5.74, 6) is 0. The van der Waals surface area contributed by atoms with Crippen molar-refractivity contribution in [3.8, 4) is 0 Å². The van der Waals surface area contributed by atoms with Crippen molar-refractivity contribution in [1.29, 1.82) is 0 Å². The third-order valence-electron chi connectivity index (χ3n) is 0.633. The molecule has 0 bridgehead atoms. The predicted molar refractivity (Wildman–Crippen MR) is 24.1 cm³/mol. The zero-order chi connectivity index (χ0) is 5.70. The molecule has 9 heavy (non-hydrogen) atoms. The van der Waals surface area contributed by atoms with E-state index in [1.54, 1.807) is 0 Å². The number of rotatable bonds is 3. The SMILES string of the molecule is [CH2-]CC([O-])C[C-]=O.[Rb+].[Y]. The second kappa shape index (κ2) is 13.2. The summed E-state index contributed by atoms with van der Waals surface area (Å²) in [5, 5.41) is 10.2. The summed E-state index contributed by atoms with van der Waals surface area (Å²) in [6.07, 6.45) is 0.929. The molecule has 0 aromatic heterocycles. The fourth-order valence-electron chi connectivity index (χ4n) is 0.195. The summed E-state index contributed by atoms with van der Waals surface area (Å²) in [6.45, 7) is 3.31. The van der Waals surface area contributed by atoms with Crippen LogP contribution in [0.25, 0.3) is 0 Å². The summed E-state index contributed by atoms with van der Waals surface area (Å²) in [6, 6.07) is 0. The number of carbonyl (C=O) groups excluding carboxylic acids is 1. The van der Waals surface area contributed by atoms with Gasteiger partial charge in [-0.2, -0.15) is 18.9 Å². The first kappa shape index (κ1) is 17.6. The predicted octanol–water partition coefficient (Wildman–Crippen LogP) is -3.56. The molecule has 0 aromatic carbocycles. The van der Waals surface area contributed by atoms with Gasteiger partial charge in [-0.15, -0.1) is 0 Å². The number of hydrogen-bond donors (Lipinski definition) is 0. The van der Waals surface area contributed by atoms with Crippen LogP contribution in [0.15, 0.2) is 0 Å². The Kier molecular flexibility index (Phi) is 25.7. The summed E-state index contributed by atoms with van der Waals surface area (Å²) >= 11 is 0. The molecule has 1 atom stereocenters. The number of hydrogen-bond acceptors (Lipinski definition) is 2. The second-order valence-electron chi connectivity index (χ2n) is 1.26. The molecular formula is C5H7O2RbY-2. The molecule has 0 amide bonds. The van der Waals surface area contributed by atoms with Crippen molar-refractivity contribution in [3.63, 3.8) is 0 Å². The van der Waals surface area contributed by atoms with E-state index >= 15 is 0 Å². The first-order chi connectivity index (χ1) is 3.31. The van der Waals surface area contributed by atoms with Crippen LogP contribution < -0.4 is 63.3 Å². The van der Waals surface area contributed by atoms with Crippen LogP contribution in [0, 0.1) is 6.92 Å². The Balaban J connectivity index is -0.000000180. The van der Waals surface area contributed by atoms with Crippen LogP contribution in [0.3, 0.4) is 0 Å². The van der Waals surface area contributed by atoms with Crippen molar-refractivity contribution in [2.45, 2.75) is 18.9 Å². The first-order valence-electron chi connectivity index (χ1n) is 2.11. The van der Waals surface area contributed by atoms with Crippen LogP contribution in [0.2, 0.25) is 0 Å². The average Bonchev–Trinajstić information content (AvgIpc) is 1.68. The van der Waals surface area contributed by atoms with Gasteiger partial charge in [0, 0.05) is 32.7 Å². The Hall–Kier alpha value is 2.54. The smallest absolute Gasteiger partial charge is 0.855 e. The Labute approximate surface area is 130 Å². The molecule has 0 saturated heterocycles. The van der Waals surface area contributed by atoms with Gasteiger partial charge in [0.2, 0.25) is 0 Å². The van der Waals surface area contributed by atoms with E-state index in [4.69, 9.17) is 0 Å².